The third kappa shape index (κ3) is 7.30. The zero-order chi connectivity index (χ0) is 29.6. The van der Waals surface area contributed by atoms with E-state index in [1.807, 2.05) is 6.92 Å². The summed E-state index contributed by atoms with van der Waals surface area (Å²) in [6.45, 7) is 8.46. The minimum Gasteiger partial charge on any atom is -0.476 e. The lowest BCUT2D eigenvalue weighted by atomic mass is 10.1. The number of anilines is 1. The molecule has 0 spiro atoms. The second kappa shape index (κ2) is 13.3. The number of carboxylic acid groups (broad SMARTS) is 1. The Morgan fingerprint density at radius 2 is 1.85 bits per heavy atom. The van der Waals surface area contributed by atoms with Crippen LogP contribution in [0.1, 0.15) is 36.3 Å². The first-order valence-corrected chi connectivity index (χ1v) is 14.9. The van der Waals surface area contributed by atoms with Crippen molar-refractivity contribution in [3.05, 3.63) is 59.8 Å². The smallest absolute Gasteiger partial charge is 0.356 e. The molecule has 12 nitrogen and oxygen atoms in total. The highest BCUT2D eigenvalue weighted by Gasteiger charge is 2.27. The number of hydrogen-bond donors (Lipinski definition) is 3. The number of aromatic nitrogens is 2. The van der Waals surface area contributed by atoms with Crippen molar-refractivity contribution in [2.45, 2.75) is 32.1 Å². The molecule has 1 amide bonds. The van der Waals surface area contributed by atoms with Gasteiger partial charge < -0.3 is 19.9 Å². The van der Waals surface area contributed by atoms with E-state index >= 15 is 0 Å². The van der Waals surface area contributed by atoms with Gasteiger partial charge in [0.1, 0.15) is 10.6 Å². The molecule has 1 fully saturated rings. The maximum absolute atomic E-state index is 13.6. The van der Waals surface area contributed by atoms with E-state index < -0.39 is 16.0 Å². The van der Waals surface area contributed by atoms with Gasteiger partial charge in [-0.2, -0.15) is 9.78 Å². The standard InChI is InChI=1S/C28H35N5O7S/c1-4-19(2)26(34)30-21-10-11-23(24(18-21)41(37,38)29-12-13-32-14-16-39-17-15-32)40-27-20(3)25(28(35)36)31-33(27)22-8-6-5-7-9-22/h5-11,18-19,29H,4,12-17H2,1-3H3,(H,30,34)(H,35,36)/t19-/m0/s1. The van der Waals surface area contributed by atoms with Gasteiger partial charge in [-0.1, -0.05) is 32.0 Å². The predicted molar refractivity (Wildman–Crippen MR) is 152 cm³/mol. The first kappa shape index (κ1) is 30.2. The predicted octanol–water partition coefficient (Wildman–Crippen LogP) is 3.27. The average molecular weight is 586 g/mol. The summed E-state index contributed by atoms with van der Waals surface area (Å²) in [6, 6.07) is 13.1. The molecule has 13 heteroatoms. The monoisotopic (exact) mass is 585 g/mol. The maximum Gasteiger partial charge on any atom is 0.356 e. The Kier molecular flexibility index (Phi) is 9.76. The van der Waals surface area contributed by atoms with Gasteiger partial charge in [-0.3, -0.25) is 9.69 Å². The zero-order valence-corrected chi connectivity index (χ0v) is 24.1. The van der Waals surface area contributed by atoms with E-state index in [0.29, 0.717) is 45.0 Å². The maximum atomic E-state index is 13.6. The van der Waals surface area contributed by atoms with E-state index in [-0.39, 0.29) is 51.8 Å². The number of benzene rings is 2. The molecule has 2 heterocycles. The van der Waals surface area contributed by atoms with Gasteiger partial charge in [-0.05, 0) is 43.7 Å². The van der Waals surface area contributed by atoms with E-state index in [2.05, 4.69) is 20.0 Å². The SMILES string of the molecule is CC[C@H](C)C(=O)Nc1ccc(Oc2c(C)c(C(=O)O)nn2-c2ccccc2)c(S(=O)(=O)NCCN2CCOCC2)c1. The lowest BCUT2D eigenvalue weighted by Crippen LogP contribution is -2.41. The number of carbonyl (C=O) groups is 2. The molecule has 2 aromatic carbocycles. The fourth-order valence-electron chi connectivity index (χ4n) is 4.22. The Balaban J connectivity index is 1.71. The molecular weight excluding hydrogens is 550 g/mol. The molecule has 0 unspecified atom stereocenters. The Morgan fingerprint density at radius 1 is 1.15 bits per heavy atom. The highest BCUT2D eigenvalue weighted by Crippen LogP contribution is 2.35. The number of sulfonamides is 1. The van der Waals surface area contributed by atoms with Crippen LogP contribution in [0.4, 0.5) is 5.69 Å². The van der Waals surface area contributed by atoms with Gasteiger partial charge in [0.05, 0.1) is 18.9 Å². The molecule has 3 aromatic rings. The van der Waals surface area contributed by atoms with Gasteiger partial charge in [0, 0.05) is 43.3 Å². The summed E-state index contributed by atoms with van der Waals surface area (Å²) in [4.78, 5) is 26.3. The summed E-state index contributed by atoms with van der Waals surface area (Å²) in [5.74, 6) is -1.76. The Bertz CT molecular complexity index is 1480. The van der Waals surface area contributed by atoms with Crippen LogP contribution in [-0.2, 0) is 19.6 Å². The molecule has 0 aliphatic carbocycles. The number of hydrogen-bond acceptors (Lipinski definition) is 8. The zero-order valence-electron chi connectivity index (χ0n) is 23.3. The van der Waals surface area contributed by atoms with Crippen LogP contribution in [0, 0.1) is 12.8 Å². The number of para-hydroxylation sites is 1. The van der Waals surface area contributed by atoms with Gasteiger partial charge in [-0.25, -0.2) is 17.9 Å². The first-order valence-electron chi connectivity index (χ1n) is 13.4. The summed E-state index contributed by atoms with van der Waals surface area (Å²) in [5.41, 5.74) is 0.813. The van der Waals surface area contributed by atoms with E-state index in [0.717, 1.165) is 0 Å². The van der Waals surface area contributed by atoms with E-state index in [9.17, 15) is 23.1 Å². The normalized spacial score (nSPS) is 14.9. The number of nitrogens with one attached hydrogen (secondary N) is 2. The molecule has 1 aliphatic rings. The molecule has 4 rings (SSSR count). The Labute approximate surface area is 239 Å². The Hall–Kier alpha value is -3.78. The quantitative estimate of drug-likeness (QED) is 0.291. The van der Waals surface area contributed by atoms with Crippen LogP contribution < -0.4 is 14.8 Å². The highest BCUT2D eigenvalue weighted by atomic mass is 32.2. The molecule has 0 radical (unpaired) electrons. The molecule has 3 N–H and O–H groups in total. The van der Waals surface area contributed by atoms with Crippen LogP contribution in [0.3, 0.4) is 0 Å². The molecule has 0 saturated carbocycles. The molecule has 1 aliphatic heterocycles. The third-order valence-electron chi connectivity index (χ3n) is 6.86. The second-order valence-corrected chi connectivity index (χ2v) is 11.5. The Morgan fingerprint density at radius 3 is 2.51 bits per heavy atom. The van der Waals surface area contributed by atoms with Crippen molar-refractivity contribution in [3.8, 4) is 17.3 Å². The summed E-state index contributed by atoms with van der Waals surface area (Å²) >= 11 is 0. The molecule has 1 aromatic heterocycles. The van der Waals surface area contributed by atoms with Crippen molar-refractivity contribution in [1.82, 2.24) is 19.4 Å². The minimum atomic E-state index is -4.13. The summed E-state index contributed by atoms with van der Waals surface area (Å²) in [7, 11) is -4.13. The van der Waals surface area contributed by atoms with Crippen molar-refractivity contribution >= 4 is 27.6 Å². The molecule has 41 heavy (non-hydrogen) atoms. The van der Waals surface area contributed by atoms with Crippen LogP contribution >= 0.6 is 0 Å². The van der Waals surface area contributed by atoms with Crippen molar-refractivity contribution in [2.75, 3.05) is 44.7 Å². The van der Waals surface area contributed by atoms with Crippen molar-refractivity contribution in [2.24, 2.45) is 5.92 Å². The first-order chi connectivity index (χ1) is 19.6. The number of nitrogens with zero attached hydrogens (tertiary/aromatic N) is 3. The van der Waals surface area contributed by atoms with Crippen LogP contribution in [0.5, 0.6) is 11.6 Å². The molecular formula is C28H35N5O7S. The number of carbonyl (C=O) groups excluding carboxylic acids is 1. The molecule has 0 bridgehead atoms. The lowest BCUT2D eigenvalue weighted by molar-refractivity contribution is -0.119. The van der Waals surface area contributed by atoms with Crippen molar-refractivity contribution < 1.29 is 32.6 Å². The third-order valence-corrected chi connectivity index (χ3v) is 8.35. The van der Waals surface area contributed by atoms with Gasteiger partial charge in [-0.15, -0.1) is 0 Å². The number of morpholine rings is 1. The van der Waals surface area contributed by atoms with E-state index in [1.165, 1.54) is 16.8 Å². The van der Waals surface area contributed by atoms with E-state index in [4.69, 9.17) is 9.47 Å². The largest absolute Gasteiger partial charge is 0.476 e. The minimum absolute atomic E-state index is 0.0507. The number of carboxylic acids is 1. The van der Waals surface area contributed by atoms with Crippen LogP contribution in [0.15, 0.2) is 53.4 Å². The van der Waals surface area contributed by atoms with Gasteiger partial charge in [0.2, 0.25) is 21.8 Å². The molecule has 220 valence electrons. The summed E-state index contributed by atoms with van der Waals surface area (Å²) < 4.78 is 42.6. The van der Waals surface area contributed by atoms with Crippen molar-refractivity contribution in [1.29, 1.82) is 0 Å². The number of ether oxygens (including phenoxy) is 2. The number of amides is 1. The average Bonchev–Trinajstić information content (AvgIpc) is 3.30. The van der Waals surface area contributed by atoms with Crippen LogP contribution in [0.25, 0.3) is 5.69 Å². The fraction of sp³-hybridized carbons (Fsp3) is 0.393. The van der Waals surface area contributed by atoms with Gasteiger partial charge >= 0.3 is 5.97 Å². The lowest BCUT2D eigenvalue weighted by Gasteiger charge is -2.26. The van der Waals surface area contributed by atoms with Crippen LogP contribution in [0.2, 0.25) is 0 Å². The summed E-state index contributed by atoms with van der Waals surface area (Å²) in [5, 5.41) is 16.7. The van der Waals surface area contributed by atoms with Crippen molar-refractivity contribution in [3.63, 3.8) is 0 Å². The van der Waals surface area contributed by atoms with E-state index in [1.54, 1.807) is 50.2 Å². The highest BCUT2D eigenvalue weighted by molar-refractivity contribution is 7.89. The van der Waals surface area contributed by atoms with Gasteiger partial charge in [0.25, 0.3) is 0 Å². The number of aromatic carboxylic acids is 1. The van der Waals surface area contributed by atoms with Gasteiger partial charge in [0.15, 0.2) is 5.69 Å². The van der Waals surface area contributed by atoms with Crippen LogP contribution in [-0.4, -0.2) is 79.5 Å². The number of rotatable bonds is 12. The second-order valence-electron chi connectivity index (χ2n) is 9.75. The topological polar surface area (TPSA) is 152 Å². The molecule has 1 atom stereocenters. The molecule has 1 saturated heterocycles. The fourth-order valence-corrected chi connectivity index (χ4v) is 5.40. The summed E-state index contributed by atoms with van der Waals surface area (Å²) in [6.07, 6.45) is 0.621.